The van der Waals surface area contributed by atoms with Crippen LogP contribution in [-0.2, 0) is 9.59 Å². The van der Waals surface area contributed by atoms with Gasteiger partial charge >= 0.3 is 0 Å². The molecule has 1 heterocycles. The molecule has 0 saturated carbocycles. The molecule has 0 bridgehead atoms. The highest BCUT2D eigenvalue weighted by atomic mass is 35.5. The Morgan fingerprint density at radius 3 is 2.69 bits per heavy atom. The van der Waals surface area contributed by atoms with Gasteiger partial charge in [0.05, 0.1) is 18.3 Å². The fourth-order valence-electron chi connectivity index (χ4n) is 2.90. The highest BCUT2D eigenvalue weighted by Crippen LogP contribution is 2.27. The van der Waals surface area contributed by atoms with Gasteiger partial charge in [0, 0.05) is 31.1 Å². The molecule has 26 heavy (non-hydrogen) atoms. The van der Waals surface area contributed by atoms with Crippen molar-refractivity contribution < 1.29 is 14.3 Å². The van der Waals surface area contributed by atoms with Crippen molar-refractivity contribution in [3.8, 4) is 5.75 Å². The van der Waals surface area contributed by atoms with Crippen LogP contribution in [0, 0.1) is 5.92 Å². The lowest BCUT2D eigenvalue weighted by atomic mass is 9.97. The largest absolute Gasteiger partial charge is 0.497 e. The first-order valence-corrected chi connectivity index (χ1v) is 9.50. The molecule has 146 valence electrons. The number of nitrogens with one attached hydrogen (secondary N) is 1. The number of methoxy groups -OCH3 is 1. The Hall–Kier alpha value is -1.44. The molecule has 2 rings (SSSR count). The van der Waals surface area contributed by atoms with E-state index in [-0.39, 0.29) is 35.4 Å². The molecule has 1 aromatic rings. The number of benzene rings is 1. The number of piperidine rings is 1. The van der Waals surface area contributed by atoms with Crippen molar-refractivity contribution in [2.75, 3.05) is 33.3 Å². The summed E-state index contributed by atoms with van der Waals surface area (Å²) in [4.78, 5) is 27.7. The minimum Gasteiger partial charge on any atom is -0.497 e. The number of halogens is 1. The van der Waals surface area contributed by atoms with Crippen molar-refractivity contribution in [3.63, 3.8) is 0 Å². The van der Waals surface area contributed by atoms with Crippen LogP contribution in [-0.4, -0.2) is 55.3 Å². The van der Waals surface area contributed by atoms with Gasteiger partial charge in [-0.1, -0.05) is 0 Å². The lowest BCUT2D eigenvalue weighted by Gasteiger charge is -2.33. The van der Waals surface area contributed by atoms with E-state index >= 15 is 0 Å². The van der Waals surface area contributed by atoms with Crippen LogP contribution in [0.2, 0.25) is 0 Å². The predicted octanol–water partition coefficient (Wildman–Crippen LogP) is 1.91. The normalized spacial score (nSPS) is 17.8. The van der Waals surface area contributed by atoms with Gasteiger partial charge < -0.3 is 20.7 Å². The molecule has 1 saturated heterocycles. The Kier molecular flexibility index (Phi) is 9.83. The van der Waals surface area contributed by atoms with E-state index in [1.165, 1.54) is 11.8 Å². The molecule has 0 aliphatic carbocycles. The van der Waals surface area contributed by atoms with Crippen LogP contribution >= 0.6 is 24.2 Å². The third kappa shape index (κ3) is 6.37. The number of thioether (sulfide) groups is 1. The van der Waals surface area contributed by atoms with E-state index in [4.69, 9.17) is 10.5 Å². The molecular formula is C18H28ClN3O3S. The average molecular weight is 402 g/mol. The SMILES string of the molecule is COc1ccc(SC(C)C(=O)N2CCCC(C(=O)NCCN)C2)cc1.Cl. The Bertz CT molecular complexity index is 586. The van der Waals surface area contributed by atoms with Crippen molar-refractivity contribution in [2.45, 2.75) is 29.9 Å². The fourth-order valence-corrected chi connectivity index (χ4v) is 3.85. The summed E-state index contributed by atoms with van der Waals surface area (Å²) in [5, 5.41) is 2.63. The van der Waals surface area contributed by atoms with E-state index in [2.05, 4.69) is 5.32 Å². The van der Waals surface area contributed by atoms with E-state index < -0.39 is 0 Å². The number of hydrogen-bond donors (Lipinski definition) is 2. The molecular weight excluding hydrogens is 374 g/mol. The molecule has 1 aliphatic heterocycles. The fraction of sp³-hybridized carbons (Fsp3) is 0.556. The zero-order valence-electron chi connectivity index (χ0n) is 15.3. The van der Waals surface area contributed by atoms with Gasteiger partial charge in [0.2, 0.25) is 11.8 Å². The van der Waals surface area contributed by atoms with E-state index in [9.17, 15) is 9.59 Å². The summed E-state index contributed by atoms with van der Waals surface area (Å²) >= 11 is 1.52. The minimum atomic E-state index is -0.195. The maximum atomic E-state index is 12.7. The second-order valence-electron chi connectivity index (χ2n) is 6.14. The van der Waals surface area contributed by atoms with Gasteiger partial charge in [-0.15, -0.1) is 24.2 Å². The maximum Gasteiger partial charge on any atom is 0.235 e. The first kappa shape index (κ1) is 22.6. The third-order valence-electron chi connectivity index (χ3n) is 4.27. The molecule has 0 radical (unpaired) electrons. The topological polar surface area (TPSA) is 84.7 Å². The van der Waals surface area contributed by atoms with Crippen molar-refractivity contribution in [3.05, 3.63) is 24.3 Å². The Morgan fingerprint density at radius 2 is 2.08 bits per heavy atom. The summed E-state index contributed by atoms with van der Waals surface area (Å²) in [7, 11) is 1.63. The summed E-state index contributed by atoms with van der Waals surface area (Å²) in [5.74, 6) is 0.740. The molecule has 1 aliphatic rings. The van der Waals surface area contributed by atoms with Crippen LogP contribution < -0.4 is 15.8 Å². The predicted molar refractivity (Wildman–Crippen MR) is 107 cm³/mol. The number of rotatable bonds is 7. The lowest BCUT2D eigenvalue weighted by Crippen LogP contribution is -2.48. The standard InChI is InChI=1S/C18H27N3O3S.ClH/c1-13(25-16-7-5-15(24-2)6-8-16)18(23)21-11-3-4-14(12-21)17(22)20-10-9-19;/h5-8,13-14H,3-4,9-12,19H2,1-2H3,(H,20,22);1H. The molecule has 8 heteroatoms. The van der Waals surface area contributed by atoms with Crippen LogP contribution in [0.1, 0.15) is 19.8 Å². The monoisotopic (exact) mass is 401 g/mol. The van der Waals surface area contributed by atoms with Crippen molar-refractivity contribution >= 4 is 36.0 Å². The molecule has 1 fully saturated rings. The molecule has 0 spiro atoms. The number of ether oxygens (including phenoxy) is 1. The number of carbonyl (C=O) groups excluding carboxylic acids is 2. The number of nitrogens with zero attached hydrogens (tertiary/aromatic N) is 1. The van der Waals surface area contributed by atoms with Crippen molar-refractivity contribution in [1.82, 2.24) is 10.2 Å². The number of nitrogens with two attached hydrogens (primary N) is 1. The first-order chi connectivity index (χ1) is 12.0. The van der Waals surface area contributed by atoms with Gasteiger partial charge in [-0.25, -0.2) is 0 Å². The van der Waals surface area contributed by atoms with Gasteiger partial charge in [0.15, 0.2) is 0 Å². The number of carbonyl (C=O) groups is 2. The zero-order chi connectivity index (χ0) is 18.2. The quantitative estimate of drug-likeness (QED) is 0.682. The maximum absolute atomic E-state index is 12.7. The smallest absolute Gasteiger partial charge is 0.235 e. The molecule has 0 aromatic heterocycles. The van der Waals surface area contributed by atoms with Crippen molar-refractivity contribution in [2.24, 2.45) is 11.7 Å². The number of hydrogen-bond acceptors (Lipinski definition) is 5. The average Bonchev–Trinajstić information content (AvgIpc) is 2.66. The van der Waals surface area contributed by atoms with Crippen LogP contribution in [0.15, 0.2) is 29.2 Å². The van der Waals surface area contributed by atoms with Gasteiger partial charge in [-0.05, 0) is 44.0 Å². The molecule has 2 unspecified atom stereocenters. The van der Waals surface area contributed by atoms with E-state index in [0.717, 1.165) is 23.5 Å². The minimum absolute atomic E-state index is 0. The van der Waals surface area contributed by atoms with Crippen LogP contribution in [0.3, 0.4) is 0 Å². The summed E-state index contributed by atoms with van der Waals surface area (Å²) < 4.78 is 5.15. The molecule has 2 amide bonds. The molecule has 3 N–H and O–H groups in total. The van der Waals surface area contributed by atoms with E-state index in [0.29, 0.717) is 26.2 Å². The second kappa shape index (κ2) is 11.3. The van der Waals surface area contributed by atoms with Crippen molar-refractivity contribution in [1.29, 1.82) is 0 Å². The van der Waals surface area contributed by atoms with E-state index in [1.807, 2.05) is 36.1 Å². The summed E-state index contributed by atoms with van der Waals surface area (Å²) in [6.07, 6.45) is 1.67. The Morgan fingerprint density at radius 1 is 1.38 bits per heavy atom. The van der Waals surface area contributed by atoms with Gasteiger partial charge in [0.1, 0.15) is 5.75 Å². The van der Waals surface area contributed by atoms with Gasteiger partial charge in [-0.3, -0.25) is 9.59 Å². The molecule has 6 nitrogen and oxygen atoms in total. The molecule has 2 atom stereocenters. The number of amides is 2. The van der Waals surface area contributed by atoms with E-state index in [1.54, 1.807) is 7.11 Å². The Labute approximate surface area is 165 Å². The van der Waals surface area contributed by atoms with Crippen LogP contribution in [0.25, 0.3) is 0 Å². The second-order valence-corrected chi connectivity index (χ2v) is 7.55. The summed E-state index contributed by atoms with van der Waals surface area (Å²) in [6, 6.07) is 7.68. The zero-order valence-corrected chi connectivity index (χ0v) is 16.9. The molecule has 1 aromatic carbocycles. The van der Waals surface area contributed by atoms with Gasteiger partial charge in [-0.2, -0.15) is 0 Å². The number of likely N-dealkylation sites (tertiary alicyclic amines) is 1. The van der Waals surface area contributed by atoms with Gasteiger partial charge in [0.25, 0.3) is 0 Å². The summed E-state index contributed by atoms with van der Waals surface area (Å²) in [6.45, 7) is 4.02. The Balaban J connectivity index is 0.00000338. The van der Waals surface area contributed by atoms with Crippen LogP contribution in [0.5, 0.6) is 5.75 Å². The summed E-state index contributed by atoms with van der Waals surface area (Å²) in [5.41, 5.74) is 5.42. The third-order valence-corrected chi connectivity index (χ3v) is 5.37. The lowest BCUT2D eigenvalue weighted by molar-refractivity contribution is -0.135. The highest BCUT2D eigenvalue weighted by molar-refractivity contribution is 8.00. The van der Waals surface area contributed by atoms with Crippen LogP contribution in [0.4, 0.5) is 0 Å². The first-order valence-electron chi connectivity index (χ1n) is 8.62. The highest BCUT2D eigenvalue weighted by Gasteiger charge is 2.30.